The number of primary amides is 1. The van der Waals surface area contributed by atoms with Crippen molar-refractivity contribution >= 4 is 34.7 Å². The summed E-state index contributed by atoms with van der Waals surface area (Å²) in [4.78, 5) is 55.8. The van der Waals surface area contributed by atoms with Crippen molar-refractivity contribution in [2.24, 2.45) is 17.6 Å². The normalized spacial score (nSPS) is 24.4. The number of likely N-dealkylation sites (N-methyl/N-ethyl adjacent to an activating group) is 1. The van der Waals surface area contributed by atoms with E-state index in [-0.39, 0.29) is 54.8 Å². The van der Waals surface area contributed by atoms with Crippen LogP contribution in [0.5, 0.6) is 5.75 Å². The Kier molecular flexibility index (Phi) is 8.13. The Morgan fingerprint density at radius 3 is 2.27 bits per heavy atom. The van der Waals surface area contributed by atoms with Crippen LogP contribution in [0, 0.1) is 18.8 Å². The minimum Gasteiger partial charge on any atom is -0.508 e. The van der Waals surface area contributed by atoms with Crippen LogP contribution in [0.4, 0.5) is 5.69 Å². The molecule has 0 spiro atoms. The first-order valence-corrected chi connectivity index (χ1v) is 14.9. The third-order valence-electron chi connectivity index (χ3n) is 9.45. The van der Waals surface area contributed by atoms with Crippen LogP contribution >= 0.6 is 0 Å². The summed E-state index contributed by atoms with van der Waals surface area (Å²) >= 11 is 0. The second kappa shape index (κ2) is 11.5. The fourth-order valence-corrected chi connectivity index (χ4v) is 7.23. The summed E-state index contributed by atoms with van der Waals surface area (Å²) in [6.45, 7) is 1.97. The lowest BCUT2D eigenvalue weighted by Gasteiger charge is -2.50. The summed E-state index contributed by atoms with van der Waals surface area (Å²) in [6, 6.07) is 8.29. The number of ketones is 3. The van der Waals surface area contributed by atoms with Crippen molar-refractivity contribution in [3.63, 3.8) is 0 Å². The molecule has 4 atom stereocenters. The van der Waals surface area contributed by atoms with Gasteiger partial charge in [-0.1, -0.05) is 29.8 Å². The number of nitrogens with two attached hydrogens (primary N) is 1. The summed E-state index contributed by atoms with van der Waals surface area (Å²) in [6.07, 6.45) is 0.728. The van der Waals surface area contributed by atoms with E-state index in [4.69, 9.17) is 5.73 Å². The molecule has 0 radical (unpaired) electrons. The Bertz CT molecular complexity index is 1690. The molecule has 3 aliphatic carbocycles. The van der Waals surface area contributed by atoms with E-state index in [0.717, 1.165) is 11.1 Å². The number of amides is 1. The predicted octanol–water partition coefficient (Wildman–Crippen LogP) is 2.08. The van der Waals surface area contributed by atoms with Crippen molar-refractivity contribution in [1.29, 1.82) is 0 Å². The SMILES string of the molecule is Cc1ccc(CC(=O)CCc2cc(N(C)C)c3c(c2O)C(O)=C2C(=O)[C@]4(O)C(O)=C(C(N)=O)C(=O)[C@@H](N(C)C)[C@H]4C[C@@H]2C3)cc1. The first-order chi connectivity index (χ1) is 21.1. The van der Waals surface area contributed by atoms with Gasteiger partial charge in [-0.2, -0.15) is 0 Å². The fraction of sp³-hybridized carbons (Fsp3) is 0.412. The van der Waals surface area contributed by atoms with Gasteiger partial charge in [0.1, 0.15) is 28.6 Å². The van der Waals surface area contributed by atoms with Crippen molar-refractivity contribution in [2.45, 2.75) is 50.7 Å². The summed E-state index contributed by atoms with van der Waals surface area (Å²) in [5.41, 5.74) is 5.25. The van der Waals surface area contributed by atoms with Gasteiger partial charge in [0.15, 0.2) is 11.4 Å². The monoisotopic (exact) mass is 617 g/mol. The van der Waals surface area contributed by atoms with Gasteiger partial charge in [0, 0.05) is 44.1 Å². The average molecular weight is 618 g/mol. The maximum absolute atomic E-state index is 14.1. The highest BCUT2D eigenvalue weighted by molar-refractivity contribution is 6.24. The molecule has 1 fully saturated rings. The molecule has 11 heteroatoms. The van der Waals surface area contributed by atoms with Gasteiger partial charge in [0.05, 0.1) is 11.6 Å². The fourth-order valence-electron chi connectivity index (χ4n) is 7.23. The molecule has 1 saturated carbocycles. The van der Waals surface area contributed by atoms with Gasteiger partial charge in [-0.3, -0.25) is 24.1 Å². The van der Waals surface area contributed by atoms with E-state index in [1.54, 1.807) is 34.3 Å². The van der Waals surface area contributed by atoms with Gasteiger partial charge in [0.2, 0.25) is 5.78 Å². The van der Waals surface area contributed by atoms with E-state index in [2.05, 4.69) is 0 Å². The van der Waals surface area contributed by atoms with Gasteiger partial charge in [-0.25, -0.2) is 0 Å². The molecule has 3 aliphatic rings. The number of aryl methyl sites for hydroxylation is 2. The number of hydrogen-bond acceptors (Lipinski definition) is 10. The standard InChI is InChI=1S/C34H39N3O8/c1-16-6-8-17(9-7-16)12-20(38)11-10-18-15-23(36(2)3)21-13-19-14-22-27(37(4)5)30(41)26(33(35)44)32(43)34(22,45)31(42)24(19)29(40)25(21)28(18)39/h6-9,15,19,22,27,39-40,43,45H,10-14H2,1-5H3,(H2,35,44)/t19-,22+,27-,34-/m0/s1. The number of rotatable bonds is 8. The smallest absolute Gasteiger partial charge is 0.255 e. The number of phenols is 1. The van der Waals surface area contributed by atoms with Crippen LogP contribution in [-0.4, -0.2) is 88.4 Å². The van der Waals surface area contributed by atoms with Gasteiger partial charge in [-0.05, 0) is 69.0 Å². The summed E-state index contributed by atoms with van der Waals surface area (Å²) in [7, 11) is 6.72. The topological polar surface area (TPSA) is 182 Å². The quantitative estimate of drug-likeness (QED) is 0.275. The Balaban J connectivity index is 1.57. The molecule has 0 heterocycles. The maximum atomic E-state index is 14.1. The highest BCUT2D eigenvalue weighted by Crippen LogP contribution is 2.54. The maximum Gasteiger partial charge on any atom is 0.255 e. The molecule has 0 saturated heterocycles. The molecule has 2 aromatic carbocycles. The minimum absolute atomic E-state index is 0.00859. The van der Waals surface area contributed by atoms with Crippen LogP contribution in [0.2, 0.25) is 0 Å². The molecule has 5 rings (SSSR count). The van der Waals surface area contributed by atoms with Crippen LogP contribution in [0.3, 0.4) is 0 Å². The van der Waals surface area contributed by atoms with Gasteiger partial charge < -0.3 is 31.1 Å². The molecule has 0 unspecified atom stereocenters. The van der Waals surface area contributed by atoms with E-state index in [1.165, 1.54) is 4.90 Å². The molecule has 11 nitrogen and oxygen atoms in total. The molecule has 1 amide bonds. The third-order valence-corrected chi connectivity index (χ3v) is 9.45. The molecule has 0 bridgehead atoms. The van der Waals surface area contributed by atoms with E-state index in [9.17, 15) is 39.6 Å². The lowest BCUT2D eigenvalue weighted by molar-refractivity contribution is -0.153. The predicted molar refractivity (Wildman–Crippen MR) is 167 cm³/mol. The van der Waals surface area contributed by atoms with E-state index in [1.807, 2.05) is 36.1 Å². The Labute approximate surface area is 261 Å². The van der Waals surface area contributed by atoms with Crippen molar-refractivity contribution in [3.8, 4) is 5.75 Å². The van der Waals surface area contributed by atoms with Crippen LogP contribution in [0.15, 0.2) is 47.2 Å². The Hall–Kier alpha value is -4.48. The number of hydrogen-bond donors (Lipinski definition) is 5. The number of aliphatic hydroxyl groups excluding tert-OH is 2. The third kappa shape index (κ3) is 5.09. The number of phenolic OH excluding ortho intramolecular Hbond substituents is 1. The molecule has 238 valence electrons. The molecular weight excluding hydrogens is 578 g/mol. The number of anilines is 1. The second-order valence-corrected chi connectivity index (χ2v) is 12.8. The first-order valence-electron chi connectivity index (χ1n) is 14.9. The second-order valence-electron chi connectivity index (χ2n) is 12.8. The number of aromatic hydroxyl groups is 1. The molecular formula is C34H39N3O8. The van der Waals surface area contributed by atoms with Crippen molar-refractivity contribution in [3.05, 3.63) is 75.1 Å². The highest BCUT2D eigenvalue weighted by atomic mass is 16.3. The number of aliphatic hydroxyl groups is 3. The zero-order chi connectivity index (χ0) is 33.1. The average Bonchev–Trinajstić information content (AvgIpc) is 2.95. The van der Waals surface area contributed by atoms with Crippen molar-refractivity contribution in [1.82, 2.24) is 4.90 Å². The summed E-state index contributed by atoms with van der Waals surface area (Å²) in [5.74, 6) is -6.96. The van der Waals surface area contributed by atoms with Crippen LogP contribution in [-0.2, 0) is 38.4 Å². The van der Waals surface area contributed by atoms with Gasteiger partial charge in [-0.15, -0.1) is 0 Å². The molecule has 0 aromatic heterocycles. The van der Waals surface area contributed by atoms with Crippen molar-refractivity contribution in [2.75, 3.05) is 33.1 Å². The lowest BCUT2D eigenvalue weighted by atomic mass is 9.57. The van der Waals surface area contributed by atoms with E-state index < -0.39 is 58.0 Å². The molecule has 0 aliphatic heterocycles. The summed E-state index contributed by atoms with van der Waals surface area (Å²) in [5, 5.41) is 46.0. The number of fused-ring (bicyclic) bond motifs is 3. The number of nitrogens with zero attached hydrogens (tertiary/aromatic N) is 2. The highest BCUT2D eigenvalue weighted by Gasteiger charge is 2.64. The number of carbonyl (C=O) groups is 4. The van der Waals surface area contributed by atoms with Crippen molar-refractivity contribution < 1.29 is 39.6 Å². The van der Waals surface area contributed by atoms with Crippen LogP contribution in [0.1, 0.15) is 40.7 Å². The lowest BCUT2D eigenvalue weighted by Crippen LogP contribution is -2.65. The molecule has 6 N–H and O–H groups in total. The van der Waals surface area contributed by atoms with E-state index >= 15 is 0 Å². The largest absolute Gasteiger partial charge is 0.508 e. The zero-order valence-corrected chi connectivity index (χ0v) is 26.0. The summed E-state index contributed by atoms with van der Waals surface area (Å²) < 4.78 is 0. The number of carbonyl (C=O) groups excluding carboxylic acids is 4. The zero-order valence-electron chi connectivity index (χ0n) is 26.0. The van der Waals surface area contributed by atoms with Gasteiger partial charge in [0.25, 0.3) is 5.91 Å². The van der Waals surface area contributed by atoms with Gasteiger partial charge >= 0.3 is 0 Å². The Morgan fingerprint density at radius 2 is 1.69 bits per heavy atom. The first kappa shape index (κ1) is 31.9. The minimum atomic E-state index is -2.70. The van der Waals surface area contributed by atoms with Crippen LogP contribution in [0.25, 0.3) is 5.76 Å². The van der Waals surface area contributed by atoms with E-state index in [0.29, 0.717) is 16.8 Å². The van der Waals surface area contributed by atoms with Crippen LogP contribution < -0.4 is 10.6 Å². The number of Topliss-reactive ketones (excluding diaryl/α,β-unsaturated/α-hetero) is 3. The Morgan fingerprint density at radius 1 is 1.04 bits per heavy atom. The molecule has 2 aromatic rings. The molecule has 45 heavy (non-hydrogen) atoms. The number of benzene rings is 2.